The molecular weight excluding hydrogens is 538 g/mol. The highest BCUT2D eigenvalue weighted by atomic mass is 35.5. The molecule has 2 amide bonds. The Morgan fingerprint density at radius 3 is 2.51 bits per heavy atom. The van der Waals surface area contributed by atoms with Crippen molar-refractivity contribution in [1.82, 2.24) is 28.9 Å². The topological polar surface area (TPSA) is 90.8 Å². The van der Waals surface area contributed by atoms with Crippen LogP contribution in [0.4, 0.5) is 5.69 Å². The van der Waals surface area contributed by atoms with Crippen molar-refractivity contribution < 1.29 is 9.59 Å². The lowest BCUT2D eigenvalue weighted by atomic mass is 9.98. The Morgan fingerprint density at radius 2 is 1.71 bits per heavy atom. The molecule has 7 rings (SSSR count). The average Bonchev–Trinajstić information content (AvgIpc) is 3.75. The van der Waals surface area contributed by atoms with E-state index in [1.54, 1.807) is 54.7 Å². The SMILES string of the molecule is Cn1nc(C2=C(c3cn(CCCn4ccnc4)c4cc(Cl)ccc34)C(=O)N(c3ccccc3)C2=O)c2cccnc21. The number of amides is 2. The van der Waals surface area contributed by atoms with Gasteiger partial charge in [0.05, 0.1) is 28.7 Å². The minimum absolute atomic E-state index is 0.255. The lowest BCUT2D eigenvalue weighted by Gasteiger charge is -2.14. The number of fused-ring (bicyclic) bond motifs is 2. The number of hydrogen-bond donors (Lipinski definition) is 0. The van der Waals surface area contributed by atoms with Gasteiger partial charge in [0.1, 0.15) is 5.69 Å². The standard InChI is InChI=1S/C31H24ClN7O2/c1-36-29-23(9-5-12-34-29)28(35-36)27-26(30(40)39(31(27)41)21-7-3-2-4-8-21)24-18-38(15-6-14-37-16-13-33-19-37)25-17-20(32)10-11-22(24)25/h2-5,7-13,16-19H,6,14-15H2,1H3. The molecule has 1 aliphatic heterocycles. The first kappa shape index (κ1) is 25.0. The molecule has 0 N–H and O–H groups in total. The Hall–Kier alpha value is -5.02. The van der Waals surface area contributed by atoms with Gasteiger partial charge in [0.25, 0.3) is 11.8 Å². The molecule has 9 nitrogen and oxygen atoms in total. The van der Waals surface area contributed by atoms with Crippen molar-refractivity contribution in [2.75, 3.05) is 4.90 Å². The fourth-order valence-corrected chi connectivity index (χ4v) is 5.74. The summed E-state index contributed by atoms with van der Waals surface area (Å²) in [7, 11) is 1.78. The quantitative estimate of drug-likeness (QED) is 0.245. The Balaban J connectivity index is 1.43. The van der Waals surface area contributed by atoms with Gasteiger partial charge in [-0.15, -0.1) is 0 Å². The highest BCUT2D eigenvalue weighted by molar-refractivity contribution is 6.58. The highest BCUT2D eigenvalue weighted by Crippen LogP contribution is 2.42. The van der Waals surface area contributed by atoms with Crippen molar-refractivity contribution in [2.24, 2.45) is 7.05 Å². The van der Waals surface area contributed by atoms with E-state index in [0.717, 1.165) is 23.9 Å². The summed E-state index contributed by atoms with van der Waals surface area (Å²) in [4.78, 5) is 38.3. The van der Waals surface area contributed by atoms with Crippen LogP contribution < -0.4 is 4.90 Å². The smallest absolute Gasteiger partial charge is 0.268 e. The van der Waals surface area contributed by atoms with E-state index in [0.29, 0.717) is 45.1 Å². The van der Waals surface area contributed by atoms with Crippen LogP contribution in [0.2, 0.25) is 5.02 Å². The van der Waals surface area contributed by atoms with E-state index >= 15 is 0 Å². The number of anilines is 1. The van der Waals surface area contributed by atoms with E-state index in [9.17, 15) is 9.59 Å². The van der Waals surface area contributed by atoms with Crippen LogP contribution in [0.25, 0.3) is 33.1 Å². The van der Waals surface area contributed by atoms with Crippen LogP contribution >= 0.6 is 11.6 Å². The molecule has 0 bridgehead atoms. The lowest BCUT2D eigenvalue weighted by Crippen LogP contribution is -2.31. The zero-order valence-electron chi connectivity index (χ0n) is 22.1. The minimum atomic E-state index is -0.421. The minimum Gasteiger partial charge on any atom is -0.347 e. The highest BCUT2D eigenvalue weighted by Gasteiger charge is 2.43. The normalized spacial score (nSPS) is 13.9. The van der Waals surface area contributed by atoms with E-state index in [1.165, 1.54) is 4.90 Å². The van der Waals surface area contributed by atoms with E-state index in [4.69, 9.17) is 16.7 Å². The second-order valence-corrected chi connectivity index (χ2v) is 10.4. The predicted molar refractivity (Wildman–Crippen MR) is 158 cm³/mol. The van der Waals surface area contributed by atoms with Gasteiger partial charge >= 0.3 is 0 Å². The summed E-state index contributed by atoms with van der Waals surface area (Å²) in [6.45, 7) is 1.47. The van der Waals surface area contributed by atoms with Crippen molar-refractivity contribution in [2.45, 2.75) is 19.5 Å². The fraction of sp³-hybridized carbons (Fsp3) is 0.129. The van der Waals surface area contributed by atoms with Crippen LogP contribution in [0.15, 0.2) is 91.8 Å². The Labute approximate surface area is 239 Å². The largest absolute Gasteiger partial charge is 0.347 e. The van der Waals surface area contributed by atoms with E-state index in [-0.39, 0.29) is 5.57 Å². The maximum atomic E-state index is 14.3. The summed E-state index contributed by atoms with van der Waals surface area (Å²) in [6.07, 6.45) is 9.95. The van der Waals surface area contributed by atoms with E-state index in [2.05, 4.69) is 14.5 Å². The number of pyridine rings is 1. The maximum absolute atomic E-state index is 14.3. The molecule has 10 heteroatoms. The van der Waals surface area contributed by atoms with Crippen molar-refractivity contribution in [3.63, 3.8) is 0 Å². The number of para-hydroxylation sites is 1. The first-order chi connectivity index (χ1) is 20.0. The van der Waals surface area contributed by atoms with E-state index in [1.807, 2.05) is 53.4 Å². The van der Waals surface area contributed by atoms with Gasteiger partial charge in [0, 0.05) is 66.3 Å². The number of imide groups is 1. The first-order valence-corrected chi connectivity index (χ1v) is 13.6. The summed E-state index contributed by atoms with van der Waals surface area (Å²) in [6, 6.07) is 18.3. The summed E-state index contributed by atoms with van der Waals surface area (Å²) >= 11 is 6.44. The monoisotopic (exact) mass is 561 g/mol. The molecule has 0 saturated heterocycles. The number of carbonyl (C=O) groups excluding carboxylic acids is 2. The molecule has 2 aromatic carbocycles. The molecule has 0 spiro atoms. The van der Waals surface area contributed by atoms with Crippen LogP contribution in [0, 0.1) is 0 Å². The lowest BCUT2D eigenvalue weighted by molar-refractivity contribution is -0.119. The molecular formula is C31H24ClN7O2. The number of carbonyl (C=O) groups is 2. The molecule has 0 unspecified atom stereocenters. The second-order valence-electron chi connectivity index (χ2n) is 9.93. The van der Waals surface area contributed by atoms with Gasteiger partial charge < -0.3 is 9.13 Å². The molecule has 0 aliphatic carbocycles. The van der Waals surface area contributed by atoms with Crippen LogP contribution in [-0.4, -0.2) is 40.7 Å². The summed E-state index contributed by atoms with van der Waals surface area (Å²) in [5.74, 6) is -0.818. The van der Waals surface area contributed by atoms with Crippen molar-refractivity contribution in [3.05, 3.63) is 108 Å². The molecule has 202 valence electrons. The molecule has 0 saturated carbocycles. The van der Waals surface area contributed by atoms with Gasteiger partial charge in [-0.25, -0.2) is 19.5 Å². The fourth-order valence-electron chi connectivity index (χ4n) is 5.58. The maximum Gasteiger partial charge on any atom is 0.268 e. The molecule has 1 aliphatic rings. The van der Waals surface area contributed by atoms with Crippen molar-refractivity contribution >= 4 is 62.2 Å². The van der Waals surface area contributed by atoms with Crippen LogP contribution in [0.1, 0.15) is 17.7 Å². The van der Waals surface area contributed by atoms with Crippen LogP contribution in [0.5, 0.6) is 0 Å². The van der Waals surface area contributed by atoms with Crippen LogP contribution in [0.3, 0.4) is 0 Å². The Morgan fingerprint density at radius 1 is 0.878 bits per heavy atom. The molecule has 6 aromatic rings. The van der Waals surface area contributed by atoms with Gasteiger partial charge in [-0.2, -0.15) is 5.10 Å². The summed E-state index contributed by atoms with van der Waals surface area (Å²) < 4.78 is 5.76. The van der Waals surface area contributed by atoms with Gasteiger partial charge in [-0.3, -0.25) is 9.59 Å². The molecule has 41 heavy (non-hydrogen) atoms. The molecule has 5 heterocycles. The second kappa shape index (κ2) is 9.87. The Bertz CT molecular complexity index is 1990. The number of hydrogen-bond acceptors (Lipinski definition) is 5. The average molecular weight is 562 g/mol. The number of imidazole rings is 1. The van der Waals surface area contributed by atoms with Gasteiger partial charge in [-0.1, -0.05) is 35.9 Å². The number of nitrogens with zero attached hydrogens (tertiary/aromatic N) is 7. The molecule has 0 fully saturated rings. The van der Waals surface area contributed by atoms with Crippen molar-refractivity contribution in [3.8, 4) is 0 Å². The zero-order chi connectivity index (χ0) is 28.1. The molecule has 0 atom stereocenters. The number of rotatable bonds is 7. The number of benzene rings is 2. The van der Waals surface area contributed by atoms with Gasteiger partial charge in [-0.05, 0) is 42.8 Å². The third kappa shape index (κ3) is 4.13. The first-order valence-electron chi connectivity index (χ1n) is 13.2. The predicted octanol–water partition coefficient (Wildman–Crippen LogP) is 5.35. The zero-order valence-corrected chi connectivity index (χ0v) is 22.9. The van der Waals surface area contributed by atoms with E-state index < -0.39 is 11.8 Å². The van der Waals surface area contributed by atoms with Crippen molar-refractivity contribution in [1.29, 1.82) is 0 Å². The molecule has 0 radical (unpaired) electrons. The third-order valence-corrected chi connectivity index (χ3v) is 7.66. The number of halogens is 1. The van der Waals surface area contributed by atoms with Gasteiger partial charge in [0.15, 0.2) is 5.65 Å². The summed E-state index contributed by atoms with van der Waals surface area (Å²) in [5, 5.41) is 6.82. The third-order valence-electron chi connectivity index (χ3n) is 7.42. The summed E-state index contributed by atoms with van der Waals surface area (Å²) in [5.41, 5.74) is 3.66. The number of aromatic nitrogens is 6. The van der Waals surface area contributed by atoms with Gasteiger partial charge in [0.2, 0.25) is 0 Å². The molecule has 4 aromatic heterocycles. The van der Waals surface area contributed by atoms with Crippen LogP contribution in [-0.2, 0) is 29.7 Å². The Kier molecular flexibility index (Phi) is 6.01. The number of aryl methyl sites for hydroxylation is 3.